The topological polar surface area (TPSA) is 320 Å². The van der Waals surface area contributed by atoms with Crippen LogP contribution in [0.3, 0.4) is 0 Å². The van der Waals surface area contributed by atoms with Crippen molar-refractivity contribution in [2.24, 2.45) is 20.5 Å². The van der Waals surface area contributed by atoms with E-state index in [2.05, 4.69) is 20.5 Å². The van der Waals surface area contributed by atoms with Crippen molar-refractivity contribution in [1.29, 1.82) is 0 Å². The third kappa shape index (κ3) is 6.31. The Labute approximate surface area is 292 Å². The lowest BCUT2D eigenvalue weighted by molar-refractivity contribution is 0.296. The zero-order valence-electron chi connectivity index (χ0n) is 25.9. The molecule has 0 amide bonds. The van der Waals surface area contributed by atoms with Crippen molar-refractivity contribution in [3.8, 4) is 11.5 Å². The standard InChI is InChI=1S/C28H21N5O15S4/c1-12-19(49(36,37)38)8-14-9-21(51(42,43)44)24(27-23(14)26(12)33(27)35)31-29-15-4-3-13-7-22(52(45,46)47)25(28(34)17(13)10-15)32-30-18-6-5-16(48-2)11-20(18)50(39,40)41/h3-11,34-35H,1-2H3,(H,36,37,38)(H,39,40,41)(H,42,43,44)(H,45,46,47)/b31-29?,32-30-. The average Bonchev–Trinajstić information content (AvgIpc) is 3.03. The first kappa shape index (κ1) is 36.6. The van der Waals surface area contributed by atoms with E-state index in [1.54, 1.807) is 0 Å². The van der Waals surface area contributed by atoms with E-state index < -0.39 is 82.9 Å². The SMILES string of the molecule is COc1ccc(/N=N\c2c(S(=O)(=O)O)cc3ccc(N=Nc4c(S(=O)(=O)O)cc5cc(S(=O)(=O)O)c(C)c6c5c4N6O)cc3c2O)c(S(=O)(=O)O)c1. The number of phenols is 1. The fourth-order valence-electron chi connectivity index (χ4n) is 5.47. The molecule has 0 saturated carbocycles. The molecule has 0 unspecified atom stereocenters. The van der Waals surface area contributed by atoms with Crippen molar-refractivity contribution >= 4 is 96.1 Å². The van der Waals surface area contributed by atoms with E-state index in [9.17, 15) is 62.2 Å². The lowest BCUT2D eigenvalue weighted by Gasteiger charge is -2.34. The Hall–Kier alpha value is -5.18. The summed E-state index contributed by atoms with van der Waals surface area (Å²) in [5.41, 5.74) is -2.63. The number of methoxy groups -OCH3 is 1. The summed E-state index contributed by atoms with van der Waals surface area (Å²) in [6, 6.07) is 9.42. The normalized spacial score (nSPS) is 13.8. The Bertz CT molecular complexity index is 2930. The van der Waals surface area contributed by atoms with Crippen molar-refractivity contribution in [3.05, 3.63) is 60.2 Å². The highest BCUT2D eigenvalue weighted by molar-refractivity contribution is 7.86. The van der Waals surface area contributed by atoms with E-state index >= 15 is 0 Å². The monoisotopic (exact) mass is 795 g/mol. The van der Waals surface area contributed by atoms with Crippen molar-refractivity contribution in [1.82, 2.24) is 0 Å². The van der Waals surface area contributed by atoms with Crippen LogP contribution in [0.1, 0.15) is 5.56 Å². The van der Waals surface area contributed by atoms with Crippen LogP contribution >= 0.6 is 0 Å². The van der Waals surface area contributed by atoms with Crippen molar-refractivity contribution in [3.63, 3.8) is 0 Å². The summed E-state index contributed by atoms with van der Waals surface area (Å²) in [6.45, 7) is 1.27. The van der Waals surface area contributed by atoms with Crippen LogP contribution in [-0.4, -0.2) is 69.3 Å². The van der Waals surface area contributed by atoms with E-state index in [1.165, 1.54) is 32.2 Å². The Kier molecular flexibility index (Phi) is 8.60. The van der Waals surface area contributed by atoms with Gasteiger partial charge in [-0.2, -0.15) is 38.8 Å². The summed E-state index contributed by atoms with van der Waals surface area (Å²) in [6.07, 6.45) is 0. The van der Waals surface area contributed by atoms with E-state index in [0.29, 0.717) is 5.06 Å². The molecule has 1 heterocycles. The van der Waals surface area contributed by atoms with Gasteiger partial charge < -0.3 is 9.84 Å². The quantitative estimate of drug-likeness (QED) is 0.0772. The third-order valence-electron chi connectivity index (χ3n) is 7.78. The van der Waals surface area contributed by atoms with Crippen LogP contribution in [0.15, 0.2) is 94.6 Å². The number of ether oxygens (including phenoxy) is 1. The van der Waals surface area contributed by atoms with Gasteiger partial charge in [0.1, 0.15) is 43.2 Å². The first-order chi connectivity index (χ1) is 24.0. The maximum Gasteiger partial charge on any atom is 0.296 e. The fourth-order valence-corrected chi connectivity index (χ4v) is 8.18. The van der Waals surface area contributed by atoms with Crippen LogP contribution in [0.2, 0.25) is 0 Å². The van der Waals surface area contributed by atoms with Crippen LogP contribution in [0.4, 0.5) is 34.1 Å². The van der Waals surface area contributed by atoms with Crippen LogP contribution in [-0.2, 0) is 40.5 Å². The third-order valence-corrected chi connectivity index (χ3v) is 11.4. The summed E-state index contributed by atoms with van der Waals surface area (Å²) in [5, 5.41) is 37.3. The van der Waals surface area contributed by atoms with Gasteiger partial charge in [-0.3, -0.25) is 23.4 Å². The number of aromatic hydroxyl groups is 1. The molecule has 0 radical (unpaired) electrons. The molecule has 1 aliphatic heterocycles. The fraction of sp³-hybridized carbons (Fsp3) is 0.0714. The molecule has 20 nitrogen and oxygen atoms in total. The lowest BCUT2D eigenvalue weighted by atomic mass is 9.95. The summed E-state index contributed by atoms with van der Waals surface area (Å²) < 4.78 is 141. The number of rotatable bonds is 9. The highest BCUT2D eigenvalue weighted by atomic mass is 32.2. The van der Waals surface area contributed by atoms with E-state index in [-0.39, 0.29) is 49.9 Å². The highest BCUT2D eigenvalue weighted by Gasteiger charge is 2.37. The first-order valence-corrected chi connectivity index (χ1v) is 19.6. The molecule has 6 N–H and O–H groups in total. The molecule has 0 atom stereocenters. The van der Waals surface area contributed by atoms with Crippen molar-refractivity contribution < 1.29 is 66.9 Å². The van der Waals surface area contributed by atoms with E-state index in [1.807, 2.05) is 0 Å². The Balaban J connectivity index is 1.51. The van der Waals surface area contributed by atoms with Gasteiger partial charge in [-0.1, -0.05) is 6.07 Å². The molecule has 272 valence electrons. The molecule has 52 heavy (non-hydrogen) atoms. The van der Waals surface area contributed by atoms with Gasteiger partial charge in [0.2, 0.25) is 0 Å². The molecule has 0 spiro atoms. The molecule has 6 rings (SSSR count). The number of anilines is 2. The predicted molar refractivity (Wildman–Crippen MR) is 179 cm³/mol. The Morgan fingerprint density at radius 1 is 0.615 bits per heavy atom. The maximum atomic E-state index is 12.4. The molecule has 5 aromatic carbocycles. The van der Waals surface area contributed by atoms with Crippen LogP contribution in [0, 0.1) is 6.92 Å². The van der Waals surface area contributed by atoms with Gasteiger partial charge in [-0.25, -0.2) is 5.06 Å². The molecule has 0 saturated heterocycles. The van der Waals surface area contributed by atoms with Crippen molar-refractivity contribution in [2.45, 2.75) is 26.5 Å². The second-order valence-electron chi connectivity index (χ2n) is 10.9. The number of phenolic OH excluding ortho intramolecular Hbond substituents is 1. The smallest absolute Gasteiger partial charge is 0.296 e. The molecule has 1 aliphatic rings. The zero-order chi connectivity index (χ0) is 38.3. The van der Waals surface area contributed by atoms with Crippen LogP contribution < -0.4 is 9.80 Å². The van der Waals surface area contributed by atoms with Crippen LogP contribution in [0.25, 0.3) is 21.5 Å². The summed E-state index contributed by atoms with van der Waals surface area (Å²) in [7, 11) is -18.8. The van der Waals surface area contributed by atoms with Crippen molar-refractivity contribution in [2.75, 3.05) is 12.2 Å². The number of azo groups is 2. The maximum absolute atomic E-state index is 12.4. The van der Waals surface area contributed by atoms with Gasteiger partial charge in [0.25, 0.3) is 40.5 Å². The van der Waals surface area contributed by atoms with Gasteiger partial charge in [0.15, 0.2) is 5.75 Å². The van der Waals surface area contributed by atoms with E-state index in [4.69, 9.17) is 4.74 Å². The zero-order valence-corrected chi connectivity index (χ0v) is 29.2. The van der Waals surface area contributed by atoms with Gasteiger partial charge in [-0.05, 0) is 65.7 Å². The molecular weight excluding hydrogens is 775 g/mol. The number of hydrogen-bond acceptors (Lipinski definition) is 16. The lowest BCUT2D eigenvalue weighted by Crippen LogP contribution is -2.23. The minimum Gasteiger partial charge on any atom is -0.505 e. The number of hydrogen-bond donors (Lipinski definition) is 6. The summed E-state index contributed by atoms with van der Waals surface area (Å²) in [4.78, 5) is -3.30. The molecule has 24 heteroatoms. The molecule has 0 fully saturated rings. The second kappa shape index (κ2) is 12.2. The second-order valence-corrected chi connectivity index (χ2v) is 16.5. The number of nitrogens with zero attached hydrogens (tertiary/aromatic N) is 5. The van der Waals surface area contributed by atoms with Crippen LogP contribution in [0.5, 0.6) is 11.5 Å². The van der Waals surface area contributed by atoms with Gasteiger partial charge in [-0.15, -0.1) is 15.3 Å². The Morgan fingerprint density at radius 3 is 1.77 bits per heavy atom. The molecule has 0 aromatic heterocycles. The summed E-state index contributed by atoms with van der Waals surface area (Å²) >= 11 is 0. The average molecular weight is 796 g/mol. The molecule has 0 bridgehead atoms. The predicted octanol–water partition coefficient (Wildman–Crippen LogP) is 5.67. The minimum absolute atomic E-state index is 0.000471. The van der Waals surface area contributed by atoms with Gasteiger partial charge >= 0.3 is 0 Å². The van der Waals surface area contributed by atoms with Gasteiger partial charge in [0.05, 0.1) is 23.4 Å². The first-order valence-electron chi connectivity index (χ1n) is 13.9. The van der Waals surface area contributed by atoms with Gasteiger partial charge in [0, 0.05) is 16.8 Å². The minimum atomic E-state index is -5.12. The molecule has 0 aliphatic carbocycles. The largest absolute Gasteiger partial charge is 0.505 e. The summed E-state index contributed by atoms with van der Waals surface area (Å²) in [5.74, 6) is -0.922. The van der Waals surface area contributed by atoms with E-state index in [0.717, 1.165) is 36.4 Å². The molecule has 5 aromatic rings. The highest BCUT2D eigenvalue weighted by Crippen LogP contribution is 2.56. The molecular formula is C28H21N5O15S4. The number of fused-ring (bicyclic) bond motifs is 1. The Morgan fingerprint density at radius 2 is 1.17 bits per heavy atom. The number of benzene rings is 5.